The van der Waals surface area contributed by atoms with E-state index >= 15 is 0 Å². The molecule has 0 saturated carbocycles. The van der Waals surface area contributed by atoms with Crippen LogP contribution in [0.5, 0.6) is 0 Å². The number of carbonyl (C=O) groups excluding carboxylic acids is 1. The van der Waals surface area contributed by atoms with Crippen molar-refractivity contribution in [3.8, 4) is 0 Å². The van der Waals surface area contributed by atoms with Crippen LogP contribution in [0, 0.1) is 0 Å². The molecule has 0 saturated heterocycles. The van der Waals surface area contributed by atoms with E-state index in [0.29, 0.717) is 13.1 Å². The summed E-state index contributed by atoms with van der Waals surface area (Å²) in [5.41, 5.74) is 1.41. The fourth-order valence-electron chi connectivity index (χ4n) is 3.08. The lowest BCUT2D eigenvalue weighted by Gasteiger charge is -2.22. The SMILES string of the molecule is CCNC(=O)CN(CC)c1ncnc2sc3c(c12)CCCC3. The summed E-state index contributed by atoms with van der Waals surface area (Å²) in [4.78, 5) is 25.5. The number of nitrogens with zero attached hydrogens (tertiary/aromatic N) is 3. The lowest BCUT2D eigenvalue weighted by atomic mass is 9.97. The summed E-state index contributed by atoms with van der Waals surface area (Å²) >= 11 is 1.79. The van der Waals surface area contributed by atoms with Gasteiger partial charge in [0.05, 0.1) is 11.9 Å². The highest BCUT2D eigenvalue weighted by molar-refractivity contribution is 7.19. The highest BCUT2D eigenvalue weighted by Crippen LogP contribution is 2.39. The first-order valence-electron chi connectivity index (χ1n) is 8.01. The summed E-state index contributed by atoms with van der Waals surface area (Å²) in [6.07, 6.45) is 6.38. The monoisotopic (exact) mass is 318 g/mol. The van der Waals surface area contributed by atoms with E-state index in [1.54, 1.807) is 17.7 Å². The average Bonchev–Trinajstić information content (AvgIpc) is 2.91. The topological polar surface area (TPSA) is 58.1 Å². The molecule has 3 rings (SSSR count). The molecule has 0 aliphatic heterocycles. The molecule has 1 amide bonds. The normalized spacial score (nSPS) is 13.9. The number of likely N-dealkylation sites (N-methyl/N-ethyl adjacent to an activating group) is 2. The van der Waals surface area contributed by atoms with Crippen LogP contribution in [0.2, 0.25) is 0 Å². The minimum atomic E-state index is 0.0419. The third-order valence-electron chi connectivity index (χ3n) is 4.12. The van der Waals surface area contributed by atoms with Crippen molar-refractivity contribution >= 4 is 33.3 Å². The van der Waals surface area contributed by atoms with E-state index in [1.807, 2.05) is 6.92 Å². The molecule has 0 atom stereocenters. The zero-order valence-electron chi connectivity index (χ0n) is 13.2. The van der Waals surface area contributed by atoms with Crippen LogP contribution in [0.3, 0.4) is 0 Å². The van der Waals surface area contributed by atoms with E-state index in [2.05, 4.69) is 27.1 Å². The second-order valence-corrected chi connectivity index (χ2v) is 6.64. The Morgan fingerprint density at radius 3 is 2.91 bits per heavy atom. The zero-order chi connectivity index (χ0) is 15.5. The smallest absolute Gasteiger partial charge is 0.239 e. The van der Waals surface area contributed by atoms with Gasteiger partial charge in [-0.3, -0.25) is 4.79 Å². The number of fused-ring (bicyclic) bond motifs is 3. The van der Waals surface area contributed by atoms with Gasteiger partial charge in [0, 0.05) is 18.0 Å². The van der Waals surface area contributed by atoms with E-state index in [1.165, 1.54) is 28.7 Å². The van der Waals surface area contributed by atoms with Gasteiger partial charge in [0.25, 0.3) is 0 Å². The van der Waals surface area contributed by atoms with E-state index in [0.717, 1.165) is 30.0 Å². The number of hydrogen-bond donors (Lipinski definition) is 1. The van der Waals surface area contributed by atoms with Crippen LogP contribution in [0.25, 0.3) is 10.2 Å². The van der Waals surface area contributed by atoms with Crippen molar-refractivity contribution in [2.45, 2.75) is 39.5 Å². The van der Waals surface area contributed by atoms with Crippen LogP contribution in [0.4, 0.5) is 5.82 Å². The molecule has 1 aliphatic rings. The van der Waals surface area contributed by atoms with Gasteiger partial charge in [-0.1, -0.05) is 0 Å². The van der Waals surface area contributed by atoms with Gasteiger partial charge in [-0.25, -0.2) is 9.97 Å². The number of hydrogen-bond acceptors (Lipinski definition) is 5. The van der Waals surface area contributed by atoms with Crippen molar-refractivity contribution in [3.63, 3.8) is 0 Å². The van der Waals surface area contributed by atoms with Gasteiger partial charge < -0.3 is 10.2 Å². The predicted molar refractivity (Wildman–Crippen MR) is 90.6 cm³/mol. The summed E-state index contributed by atoms with van der Waals surface area (Å²) in [6, 6.07) is 0. The van der Waals surface area contributed by atoms with Crippen molar-refractivity contribution in [2.24, 2.45) is 0 Å². The number of thiophene rings is 1. The molecule has 0 radical (unpaired) electrons. The second-order valence-electron chi connectivity index (χ2n) is 5.56. The van der Waals surface area contributed by atoms with E-state index in [-0.39, 0.29) is 5.91 Å². The minimum absolute atomic E-state index is 0.0419. The standard InChI is InChI=1S/C16H22N4OS/c1-3-17-13(21)9-20(4-2)15-14-11-7-5-6-8-12(11)22-16(14)19-10-18-15/h10H,3-9H2,1-2H3,(H,17,21). The molecular weight excluding hydrogens is 296 g/mol. The molecule has 5 nitrogen and oxygen atoms in total. The summed E-state index contributed by atoms with van der Waals surface area (Å²) in [7, 11) is 0. The van der Waals surface area contributed by atoms with Crippen molar-refractivity contribution in [2.75, 3.05) is 24.5 Å². The van der Waals surface area contributed by atoms with E-state index in [9.17, 15) is 4.79 Å². The maximum Gasteiger partial charge on any atom is 0.239 e. The molecular formula is C16H22N4OS. The summed E-state index contributed by atoms with van der Waals surface area (Å²) in [5, 5.41) is 4.04. The van der Waals surface area contributed by atoms with Gasteiger partial charge >= 0.3 is 0 Å². The molecule has 1 aliphatic carbocycles. The first-order chi connectivity index (χ1) is 10.7. The predicted octanol–water partition coefficient (Wildman–Crippen LogP) is 2.53. The highest BCUT2D eigenvalue weighted by Gasteiger charge is 2.22. The molecule has 6 heteroatoms. The molecule has 1 N–H and O–H groups in total. The third kappa shape index (κ3) is 2.79. The average molecular weight is 318 g/mol. The number of aryl methyl sites for hydroxylation is 2. The van der Waals surface area contributed by atoms with Crippen LogP contribution in [-0.4, -0.2) is 35.5 Å². The molecule has 0 bridgehead atoms. The van der Waals surface area contributed by atoms with Crippen LogP contribution in [0.1, 0.15) is 37.1 Å². The Labute approximate surface area is 134 Å². The summed E-state index contributed by atoms with van der Waals surface area (Å²) in [5.74, 6) is 0.957. The number of carbonyl (C=O) groups is 1. The number of amides is 1. The van der Waals surface area contributed by atoms with Crippen molar-refractivity contribution in [1.82, 2.24) is 15.3 Å². The van der Waals surface area contributed by atoms with Crippen LogP contribution in [-0.2, 0) is 17.6 Å². The Morgan fingerprint density at radius 1 is 1.32 bits per heavy atom. The maximum absolute atomic E-state index is 12.0. The Bertz CT molecular complexity index is 682. The van der Waals surface area contributed by atoms with Crippen molar-refractivity contribution < 1.29 is 4.79 Å². The molecule has 2 heterocycles. The quantitative estimate of drug-likeness (QED) is 0.920. The Balaban J connectivity index is 2.01. The molecule has 0 aromatic carbocycles. The number of nitrogens with one attached hydrogen (secondary N) is 1. The molecule has 0 fully saturated rings. The molecule has 0 spiro atoms. The molecule has 0 unspecified atom stereocenters. The fraction of sp³-hybridized carbons (Fsp3) is 0.562. The summed E-state index contributed by atoms with van der Waals surface area (Å²) < 4.78 is 0. The zero-order valence-corrected chi connectivity index (χ0v) is 14.0. The molecule has 2 aromatic heterocycles. The van der Waals surface area contributed by atoms with Crippen molar-refractivity contribution in [1.29, 1.82) is 0 Å². The number of rotatable bonds is 5. The first kappa shape index (κ1) is 15.2. The van der Waals surface area contributed by atoms with E-state index in [4.69, 9.17) is 0 Å². The first-order valence-corrected chi connectivity index (χ1v) is 8.83. The largest absolute Gasteiger partial charge is 0.355 e. The highest BCUT2D eigenvalue weighted by atomic mass is 32.1. The van der Waals surface area contributed by atoms with Crippen LogP contribution < -0.4 is 10.2 Å². The molecule has 118 valence electrons. The van der Waals surface area contributed by atoms with Crippen molar-refractivity contribution in [3.05, 3.63) is 16.8 Å². The lowest BCUT2D eigenvalue weighted by molar-refractivity contribution is -0.119. The summed E-state index contributed by atoms with van der Waals surface area (Å²) in [6.45, 7) is 5.76. The second kappa shape index (κ2) is 6.60. The number of aromatic nitrogens is 2. The van der Waals surface area contributed by atoms with Gasteiger partial charge in [0.15, 0.2) is 0 Å². The Morgan fingerprint density at radius 2 is 2.14 bits per heavy atom. The van der Waals surface area contributed by atoms with Gasteiger partial charge in [-0.15, -0.1) is 11.3 Å². The van der Waals surface area contributed by atoms with Gasteiger partial charge in [0.1, 0.15) is 17.0 Å². The molecule has 22 heavy (non-hydrogen) atoms. The number of anilines is 1. The van der Waals surface area contributed by atoms with E-state index < -0.39 is 0 Å². The van der Waals surface area contributed by atoms with Crippen LogP contribution >= 0.6 is 11.3 Å². The third-order valence-corrected chi connectivity index (χ3v) is 5.32. The molecule has 2 aromatic rings. The fourth-order valence-corrected chi connectivity index (χ4v) is 4.30. The van der Waals surface area contributed by atoms with Gasteiger partial charge in [-0.05, 0) is 45.1 Å². The Kier molecular flexibility index (Phi) is 4.57. The van der Waals surface area contributed by atoms with Gasteiger partial charge in [0.2, 0.25) is 5.91 Å². The maximum atomic E-state index is 12.0. The minimum Gasteiger partial charge on any atom is -0.355 e. The lowest BCUT2D eigenvalue weighted by Crippen LogP contribution is -2.37. The van der Waals surface area contributed by atoms with Crippen LogP contribution in [0.15, 0.2) is 6.33 Å². The Hall–Kier alpha value is -1.69. The van der Waals surface area contributed by atoms with Gasteiger partial charge in [-0.2, -0.15) is 0 Å².